The third-order valence-corrected chi connectivity index (χ3v) is 6.46. The number of carbonyl (C=O) groups is 3. The molecule has 2 N–H and O–H groups in total. The van der Waals surface area contributed by atoms with Gasteiger partial charge in [-0.1, -0.05) is 17.7 Å². The molecule has 0 saturated carbocycles. The van der Waals surface area contributed by atoms with E-state index in [0.29, 0.717) is 16.8 Å². The fourth-order valence-corrected chi connectivity index (χ4v) is 4.53. The van der Waals surface area contributed by atoms with Crippen LogP contribution in [-0.2, 0) is 18.9 Å². The Labute approximate surface area is 282 Å². The number of nitrogens with zero attached hydrogens (tertiary/aromatic N) is 5. The molecule has 3 aromatic rings. The van der Waals surface area contributed by atoms with Crippen LogP contribution in [0.15, 0.2) is 36.7 Å². The fraction of sp³-hybridized carbons (Fsp3) is 0.559. The van der Waals surface area contributed by atoms with Gasteiger partial charge in [0.2, 0.25) is 0 Å². The Hall–Kier alpha value is -4.43. The monoisotopic (exact) mass is 670 g/mol. The molecule has 0 aliphatic heterocycles. The van der Waals surface area contributed by atoms with Crippen LogP contribution in [-0.4, -0.2) is 93.0 Å². The van der Waals surface area contributed by atoms with Crippen molar-refractivity contribution in [3.05, 3.63) is 47.8 Å². The van der Waals surface area contributed by atoms with Gasteiger partial charge in [0.05, 0.1) is 6.20 Å². The molecule has 0 aliphatic rings. The number of fused-ring (bicyclic) bond motifs is 1. The summed E-state index contributed by atoms with van der Waals surface area (Å²) in [7, 11) is 1.42. The Kier molecular flexibility index (Phi) is 12.0. The SMILES string of the molecule is COC(O)c1cc(C)cc(-c2cnn3ccc(N(CCN(CCNC(=O)OC(C)(C)C)C(=O)OC(C)(C)C)C(=O)OC(C)(C)C)nc23)c1. The maximum absolute atomic E-state index is 13.6. The number of rotatable bonds is 10. The molecule has 2 heterocycles. The number of alkyl carbamates (subject to hydrolysis) is 1. The summed E-state index contributed by atoms with van der Waals surface area (Å²) in [6.07, 6.45) is 0.321. The molecule has 1 aromatic carbocycles. The van der Waals surface area contributed by atoms with Crippen molar-refractivity contribution >= 4 is 29.7 Å². The second kappa shape index (κ2) is 15.2. The highest BCUT2D eigenvalue weighted by molar-refractivity contribution is 5.88. The van der Waals surface area contributed by atoms with Crippen molar-refractivity contribution in [1.29, 1.82) is 0 Å². The Morgan fingerprint density at radius 1 is 0.896 bits per heavy atom. The molecule has 0 saturated heterocycles. The van der Waals surface area contributed by atoms with Gasteiger partial charge in [0, 0.05) is 50.6 Å². The number of aryl methyl sites for hydroxylation is 1. The first kappa shape index (κ1) is 38.0. The fourth-order valence-electron chi connectivity index (χ4n) is 4.53. The molecule has 1 unspecified atom stereocenters. The Bertz CT molecular complexity index is 1580. The normalized spacial score (nSPS) is 12.8. The van der Waals surface area contributed by atoms with Crippen molar-refractivity contribution in [2.45, 2.75) is 92.3 Å². The summed E-state index contributed by atoms with van der Waals surface area (Å²) in [5, 5.41) is 17.4. The Morgan fingerprint density at radius 3 is 2.12 bits per heavy atom. The summed E-state index contributed by atoms with van der Waals surface area (Å²) in [5.41, 5.74) is 1.06. The van der Waals surface area contributed by atoms with Crippen molar-refractivity contribution in [3.8, 4) is 11.1 Å². The Balaban J connectivity index is 1.96. The van der Waals surface area contributed by atoms with Gasteiger partial charge in [0.15, 0.2) is 11.9 Å². The lowest BCUT2D eigenvalue weighted by atomic mass is 10.0. The van der Waals surface area contributed by atoms with E-state index in [-0.39, 0.29) is 32.0 Å². The molecule has 0 spiro atoms. The van der Waals surface area contributed by atoms with Crippen LogP contribution in [0, 0.1) is 6.92 Å². The summed E-state index contributed by atoms with van der Waals surface area (Å²) in [6, 6.07) is 7.19. The number of hydrogen-bond donors (Lipinski definition) is 2. The van der Waals surface area contributed by atoms with E-state index in [9.17, 15) is 19.5 Å². The van der Waals surface area contributed by atoms with Crippen molar-refractivity contribution in [2.24, 2.45) is 0 Å². The minimum absolute atomic E-state index is 0.0120. The number of aliphatic hydroxyl groups excluding tert-OH is 1. The summed E-state index contributed by atoms with van der Waals surface area (Å²) >= 11 is 0. The van der Waals surface area contributed by atoms with Crippen molar-refractivity contribution < 1.29 is 38.4 Å². The van der Waals surface area contributed by atoms with E-state index in [2.05, 4.69) is 10.4 Å². The van der Waals surface area contributed by atoms with Gasteiger partial charge in [-0.15, -0.1) is 0 Å². The van der Waals surface area contributed by atoms with Crippen LogP contribution >= 0.6 is 0 Å². The molecular formula is C34H50N6O8. The molecule has 0 radical (unpaired) electrons. The third kappa shape index (κ3) is 11.4. The molecule has 0 aliphatic carbocycles. The van der Waals surface area contributed by atoms with Gasteiger partial charge < -0.3 is 34.3 Å². The number of ether oxygens (including phenoxy) is 4. The summed E-state index contributed by atoms with van der Waals surface area (Å²) in [6.45, 7) is 17.9. The number of methoxy groups -OCH3 is 1. The first-order chi connectivity index (χ1) is 22.2. The molecule has 48 heavy (non-hydrogen) atoms. The topological polar surface area (TPSA) is 157 Å². The molecule has 0 fully saturated rings. The molecule has 3 amide bonds. The average Bonchev–Trinajstić information content (AvgIpc) is 3.36. The van der Waals surface area contributed by atoms with Crippen LogP contribution in [0.3, 0.4) is 0 Å². The predicted octanol–water partition coefficient (Wildman–Crippen LogP) is 5.85. The lowest BCUT2D eigenvalue weighted by Gasteiger charge is -2.31. The molecule has 3 rings (SSSR count). The van der Waals surface area contributed by atoms with Crippen LogP contribution < -0.4 is 10.2 Å². The van der Waals surface area contributed by atoms with E-state index in [0.717, 1.165) is 11.1 Å². The number of benzene rings is 1. The minimum atomic E-state index is -1.11. The van der Waals surface area contributed by atoms with Crippen LogP contribution in [0.2, 0.25) is 0 Å². The predicted molar refractivity (Wildman–Crippen MR) is 181 cm³/mol. The van der Waals surface area contributed by atoms with Gasteiger partial charge in [0.25, 0.3) is 0 Å². The molecule has 14 nitrogen and oxygen atoms in total. The lowest BCUT2D eigenvalue weighted by molar-refractivity contribution is -0.0769. The average molecular weight is 671 g/mol. The maximum atomic E-state index is 13.6. The van der Waals surface area contributed by atoms with Gasteiger partial charge in [-0.3, -0.25) is 4.90 Å². The van der Waals surface area contributed by atoms with Crippen LogP contribution in [0.5, 0.6) is 0 Å². The number of nitrogens with one attached hydrogen (secondary N) is 1. The number of carbonyl (C=O) groups excluding carboxylic acids is 3. The van der Waals surface area contributed by atoms with Crippen LogP contribution in [0.4, 0.5) is 20.2 Å². The van der Waals surface area contributed by atoms with Gasteiger partial charge in [-0.25, -0.2) is 23.9 Å². The standard InChI is InChI=1S/C34H50N6O8/c1-22-18-23(20-24(19-22)28(41)45-11)25-21-36-40-14-12-26(37-27(25)40)39(31(44)48-34(8,9)10)17-16-38(30(43)47-33(5,6)7)15-13-35-29(42)46-32(2,3)4/h12,14,18-21,28,41H,13,15-17H2,1-11H3,(H,35,42). The second-order valence-electron chi connectivity index (χ2n) is 14.4. The highest BCUT2D eigenvalue weighted by Crippen LogP contribution is 2.29. The van der Waals surface area contributed by atoms with Crippen LogP contribution in [0.25, 0.3) is 16.8 Å². The molecule has 1 atom stereocenters. The van der Waals surface area contributed by atoms with E-state index in [1.54, 1.807) is 91.4 Å². The molecule has 264 valence electrons. The summed E-state index contributed by atoms with van der Waals surface area (Å²) in [4.78, 5) is 46.7. The second-order valence-corrected chi connectivity index (χ2v) is 14.4. The number of aliphatic hydroxyl groups is 1. The highest BCUT2D eigenvalue weighted by Gasteiger charge is 2.28. The van der Waals surface area contributed by atoms with Gasteiger partial charge in [-0.05, 0) is 86.9 Å². The molecule has 0 bridgehead atoms. The van der Waals surface area contributed by atoms with Crippen molar-refractivity contribution in [3.63, 3.8) is 0 Å². The van der Waals surface area contributed by atoms with Crippen LogP contribution in [0.1, 0.15) is 79.7 Å². The quantitative estimate of drug-likeness (QED) is 0.198. The van der Waals surface area contributed by atoms with Gasteiger partial charge >= 0.3 is 18.3 Å². The number of amides is 3. The van der Waals surface area contributed by atoms with E-state index in [1.807, 2.05) is 19.1 Å². The highest BCUT2D eigenvalue weighted by atomic mass is 16.6. The lowest BCUT2D eigenvalue weighted by Crippen LogP contribution is -2.47. The first-order valence-corrected chi connectivity index (χ1v) is 15.8. The third-order valence-electron chi connectivity index (χ3n) is 6.46. The smallest absolute Gasteiger partial charge is 0.416 e. The van der Waals surface area contributed by atoms with E-state index in [4.69, 9.17) is 23.9 Å². The number of anilines is 1. The first-order valence-electron chi connectivity index (χ1n) is 15.8. The van der Waals surface area contributed by atoms with Crippen molar-refractivity contribution in [2.75, 3.05) is 38.2 Å². The molecule has 14 heteroatoms. The van der Waals surface area contributed by atoms with Gasteiger partial charge in [0.1, 0.15) is 22.6 Å². The number of hydrogen-bond acceptors (Lipinski definition) is 10. The zero-order valence-corrected chi connectivity index (χ0v) is 29.9. The summed E-state index contributed by atoms with van der Waals surface area (Å²) < 4.78 is 23.4. The minimum Gasteiger partial charge on any atom is -0.444 e. The number of aromatic nitrogens is 3. The van der Waals surface area contributed by atoms with Gasteiger partial charge in [-0.2, -0.15) is 5.10 Å². The maximum Gasteiger partial charge on any atom is 0.416 e. The van der Waals surface area contributed by atoms with Crippen molar-refractivity contribution in [1.82, 2.24) is 24.8 Å². The Morgan fingerprint density at radius 2 is 1.52 bits per heavy atom. The van der Waals surface area contributed by atoms with E-state index >= 15 is 0 Å². The molecular weight excluding hydrogens is 620 g/mol. The zero-order chi connectivity index (χ0) is 36.0. The zero-order valence-electron chi connectivity index (χ0n) is 29.9. The molecule has 2 aromatic heterocycles. The van der Waals surface area contributed by atoms with E-state index < -0.39 is 41.4 Å². The largest absolute Gasteiger partial charge is 0.444 e. The summed E-state index contributed by atoms with van der Waals surface area (Å²) in [5.74, 6) is 0.263. The van der Waals surface area contributed by atoms with E-state index in [1.165, 1.54) is 16.9 Å².